The first-order valence-electron chi connectivity index (χ1n) is 6.55. The Kier molecular flexibility index (Phi) is 3.06. The molecule has 1 amide bonds. The topological polar surface area (TPSA) is 64.3 Å². The monoisotopic (exact) mass is 268 g/mol. The Bertz CT molecular complexity index is 642. The summed E-state index contributed by atoms with van der Waals surface area (Å²) in [5, 5.41) is 2.84. The van der Waals surface area contributed by atoms with Crippen LogP contribution in [0.4, 0.5) is 11.4 Å². The predicted molar refractivity (Wildman–Crippen MR) is 78.8 cm³/mol. The van der Waals surface area contributed by atoms with Crippen molar-refractivity contribution in [1.82, 2.24) is 0 Å². The second-order valence-corrected chi connectivity index (χ2v) is 4.98. The van der Waals surface area contributed by atoms with E-state index in [4.69, 9.17) is 10.5 Å². The second kappa shape index (κ2) is 4.89. The average Bonchev–Trinajstić information content (AvgIpc) is 2.87. The summed E-state index contributed by atoms with van der Waals surface area (Å²) in [4.78, 5) is 12.2. The molecule has 0 spiro atoms. The number of amides is 1. The molecule has 1 unspecified atom stereocenters. The maximum absolute atomic E-state index is 12.2. The molecule has 3 rings (SSSR count). The van der Waals surface area contributed by atoms with Crippen LogP contribution in [-0.4, -0.2) is 12.0 Å². The highest BCUT2D eigenvalue weighted by Crippen LogP contribution is 2.28. The van der Waals surface area contributed by atoms with Gasteiger partial charge in [0.15, 0.2) is 6.10 Å². The van der Waals surface area contributed by atoms with Crippen molar-refractivity contribution in [2.45, 2.75) is 19.4 Å². The number of nitrogen functional groups attached to an aromatic ring is 1. The van der Waals surface area contributed by atoms with E-state index in [1.165, 1.54) is 0 Å². The third kappa shape index (κ3) is 2.32. The van der Waals surface area contributed by atoms with E-state index in [-0.39, 0.29) is 5.91 Å². The Hall–Kier alpha value is -2.49. The Morgan fingerprint density at radius 3 is 2.85 bits per heavy atom. The van der Waals surface area contributed by atoms with Crippen molar-refractivity contribution in [1.29, 1.82) is 0 Å². The highest BCUT2D eigenvalue weighted by atomic mass is 16.5. The van der Waals surface area contributed by atoms with E-state index in [2.05, 4.69) is 5.32 Å². The normalized spacial score (nSPS) is 16.4. The van der Waals surface area contributed by atoms with Gasteiger partial charge < -0.3 is 15.8 Å². The molecule has 0 saturated carbocycles. The van der Waals surface area contributed by atoms with Gasteiger partial charge in [-0.05, 0) is 36.2 Å². The molecule has 1 aliphatic heterocycles. The first-order valence-corrected chi connectivity index (χ1v) is 6.55. The molecule has 0 bridgehead atoms. The van der Waals surface area contributed by atoms with Crippen LogP contribution in [0, 0.1) is 6.92 Å². The molecule has 0 fully saturated rings. The first-order chi connectivity index (χ1) is 9.63. The number of nitrogens with one attached hydrogen (secondary N) is 1. The van der Waals surface area contributed by atoms with Crippen molar-refractivity contribution in [3.63, 3.8) is 0 Å². The molecule has 0 radical (unpaired) electrons. The minimum atomic E-state index is -0.477. The molecule has 1 heterocycles. The van der Waals surface area contributed by atoms with Gasteiger partial charge in [0.25, 0.3) is 5.91 Å². The molecule has 20 heavy (non-hydrogen) atoms. The molecule has 1 atom stereocenters. The van der Waals surface area contributed by atoms with Crippen molar-refractivity contribution < 1.29 is 9.53 Å². The van der Waals surface area contributed by atoms with Gasteiger partial charge in [-0.25, -0.2) is 0 Å². The van der Waals surface area contributed by atoms with Crippen LogP contribution in [0.25, 0.3) is 0 Å². The SMILES string of the molecule is Cc1ccc(NC(=O)C2Cc3ccccc3O2)cc1N. The maximum atomic E-state index is 12.2. The van der Waals surface area contributed by atoms with E-state index in [0.29, 0.717) is 17.8 Å². The standard InChI is InChI=1S/C16H16N2O2/c1-10-6-7-12(9-13(10)17)18-16(19)15-8-11-4-2-3-5-14(11)20-15/h2-7,9,15H,8,17H2,1H3,(H,18,19). The third-order valence-electron chi connectivity index (χ3n) is 3.49. The van der Waals surface area contributed by atoms with Crippen LogP contribution in [-0.2, 0) is 11.2 Å². The van der Waals surface area contributed by atoms with Gasteiger partial charge in [-0.3, -0.25) is 4.79 Å². The Labute approximate surface area is 117 Å². The van der Waals surface area contributed by atoms with E-state index < -0.39 is 6.10 Å². The zero-order chi connectivity index (χ0) is 14.1. The second-order valence-electron chi connectivity index (χ2n) is 4.98. The molecular weight excluding hydrogens is 252 g/mol. The largest absolute Gasteiger partial charge is 0.480 e. The highest BCUT2D eigenvalue weighted by molar-refractivity contribution is 5.95. The maximum Gasteiger partial charge on any atom is 0.265 e. The molecule has 0 aromatic heterocycles. The van der Waals surface area contributed by atoms with E-state index >= 15 is 0 Å². The summed E-state index contributed by atoms with van der Waals surface area (Å²) in [6.07, 6.45) is 0.124. The van der Waals surface area contributed by atoms with Gasteiger partial charge in [0.1, 0.15) is 5.75 Å². The summed E-state index contributed by atoms with van der Waals surface area (Å²) in [6.45, 7) is 1.93. The van der Waals surface area contributed by atoms with Gasteiger partial charge >= 0.3 is 0 Å². The minimum Gasteiger partial charge on any atom is -0.480 e. The van der Waals surface area contributed by atoms with Gasteiger partial charge in [-0.2, -0.15) is 0 Å². The number of carbonyl (C=O) groups is 1. The lowest BCUT2D eigenvalue weighted by Gasteiger charge is -2.12. The van der Waals surface area contributed by atoms with Gasteiger partial charge in [-0.1, -0.05) is 24.3 Å². The average molecular weight is 268 g/mol. The number of aryl methyl sites for hydroxylation is 1. The Balaban J connectivity index is 1.71. The summed E-state index contributed by atoms with van der Waals surface area (Å²) >= 11 is 0. The molecule has 3 N–H and O–H groups in total. The lowest BCUT2D eigenvalue weighted by molar-refractivity contribution is -0.122. The number of anilines is 2. The van der Waals surface area contributed by atoms with E-state index in [1.54, 1.807) is 6.07 Å². The van der Waals surface area contributed by atoms with Crippen LogP contribution < -0.4 is 15.8 Å². The van der Waals surface area contributed by atoms with Crippen LogP contribution in [0.2, 0.25) is 0 Å². The molecule has 2 aromatic rings. The van der Waals surface area contributed by atoms with Crippen LogP contribution >= 0.6 is 0 Å². The molecule has 2 aromatic carbocycles. The fourth-order valence-electron chi connectivity index (χ4n) is 2.27. The zero-order valence-electron chi connectivity index (χ0n) is 11.2. The fourth-order valence-corrected chi connectivity index (χ4v) is 2.27. The first kappa shape index (κ1) is 12.5. The molecule has 102 valence electrons. The summed E-state index contributed by atoms with van der Waals surface area (Å²) in [5.41, 5.74) is 9.25. The molecule has 4 heteroatoms. The number of para-hydroxylation sites is 1. The molecule has 0 saturated heterocycles. The molecule has 1 aliphatic rings. The van der Waals surface area contributed by atoms with Crippen LogP contribution in [0.3, 0.4) is 0 Å². The third-order valence-corrected chi connectivity index (χ3v) is 3.49. The number of rotatable bonds is 2. The summed E-state index contributed by atoms with van der Waals surface area (Å²) in [6, 6.07) is 13.2. The van der Waals surface area contributed by atoms with Gasteiger partial charge in [0.05, 0.1) is 0 Å². The number of benzene rings is 2. The van der Waals surface area contributed by atoms with Gasteiger partial charge in [0, 0.05) is 17.8 Å². The van der Waals surface area contributed by atoms with Gasteiger partial charge in [-0.15, -0.1) is 0 Å². The van der Waals surface area contributed by atoms with E-state index in [0.717, 1.165) is 16.9 Å². The predicted octanol–water partition coefficient (Wildman–Crippen LogP) is 2.52. The Morgan fingerprint density at radius 2 is 2.10 bits per heavy atom. The van der Waals surface area contributed by atoms with E-state index in [1.807, 2.05) is 43.3 Å². The van der Waals surface area contributed by atoms with Crippen molar-refractivity contribution in [3.8, 4) is 5.75 Å². The lowest BCUT2D eigenvalue weighted by Crippen LogP contribution is -2.31. The smallest absolute Gasteiger partial charge is 0.265 e. The lowest BCUT2D eigenvalue weighted by atomic mass is 10.1. The summed E-state index contributed by atoms with van der Waals surface area (Å²) < 4.78 is 5.65. The number of ether oxygens (including phenoxy) is 1. The highest BCUT2D eigenvalue weighted by Gasteiger charge is 2.28. The number of carbonyl (C=O) groups excluding carboxylic acids is 1. The minimum absolute atomic E-state index is 0.149. The Morgan fingerprint density at radius 1 is 1.30 bits per heavy atom. The van der Waals surface area contributed by atoms with Crippen molar-refractivity contribution in [2.75, 3.05) is 11.1 Å². The summed E-state index contributed by atoms with van der Waals surface area (Å²) in [5.74, 6) is 0.639. The van der Waals surface area contributed by atoms with E-state index in [9.17, 15) is 4.79 Å². The van der Waals surface area contributed by atoms with Crippen molar-refractivity contribution in [3.05, 3.63) is 53.6 Å². The number of hydrogen-bond acceptors (Lipinski definition) is 3. The van der Waals surface area contributed by atoms with Crippen LogP contribution in [0.15, 0.2) is 42.5 Å². The molecular formula is C16H16N2O2. The van der Waals surface area contributed by atoms with Crippen molar-refractivity contribution in [2.24, 2.45) is 0 Å². The van der Waals surface area contributed by atoms with Crippen LogP contribution in [0.5, 0.6) is 5.75 Å². The quantitative estimate of drug-likeness (QED) is 0.823. The van der Waals surface area contributed by atoms with Crippen LogP contribution in [0.1, 0.15) is 11.1 Å². The number of fused-ring (bicyclic) bond motifs is 1. The fraction of sp³-hybridized carbons (Fsp3) is 0.188. The summed E-state index contributed by atoms with van der Waals surface area (Å²) in [7, 11) is 0. The number of hydrogen-bond donors (Lipinski definition) is 2. The van der Waals surface area contributed by atoms with Crippen molar-refractivity contribution >= 4 is 17.3 Å². The zero-order valence-corrected chi connectivity index (χ0v) is 11.2. The molecule has 4 nitrogen and oxygen atoms in total. The molecule has 0 aliphatic carbocycles. The van der Waals surface area contributed by atoms with Gasteiger partial charge in [0.2, 0.25) is 0 Å². The number of nitrogens with two attached hydrogens (primary N) is 1.